The Kier molecular flexibility index (Phi) is 6.53. The number of allylic oxidation sites excluding steroid dienone is 3. The van der Waals surface area contributed by atoms with E-state index in [-0.39, 0.29) is 34.5 Å². The van der Waals surface area contributed by atoms with Gasteiger partial charge in [-0.15, -0.1) is 0 Å². The molecule has 1 atom stereocenters. The van der Waals surface area contributed by atoms with Gasteiger partial charge >= 0.3 is 0 Å². The van der Waals surface area contributed by atoms with E-state index < -0.39 is 11.4 Å². The molecule has 0 fully saturated rings. The van der Waals surface area contributed by atoms with Crippen LogP contribution in [0.2, 0.25) is 0 Å². The van der Waals surface area contributed by atoms with Crippen molar-refractivity contribution in [2.24, 2.45) is 5.92 Å². The van der Waals surface area contributed by atoms with Gasteiger partial charge in [0.1, 0.15) is 39.9 Å². The summed E-state index contributed by atoms with van der Waals surface area (Å²) >= 11 is 0. The summed E-state index contributed by atoms with van der Waals surface area (Å²) in [6.45, 7) is 8.13. The summed E-state index contributed by atoms with van der Waals surface area (Å²) in [6.07, 6.45) is 6.19. The van der Waals surface area contributed by atoms with E-state index in [1.54, 1.807) is 6.07 Å². The first-order chi connectivity index (χ1) is 15.0. The van der Waals surface area contributed by atoms with Crippen LogP contribution in [0.3, 0.4) is 0 Å². The molecular formula is C26H30O6. The second kappa shape index (κ2) is 8.99. The molecule has 32 heavy (non-hydrogen) atoms. The number of hydrogen-bond donors (Lipinski definition) is 3. The summed E-state index contributed by atoms with van der Waals surface area (Å²) in [5.74, 6) is -0.0172. The average Bonchev–Trinajstić information content (AvgIpc) is 2.70. The van der Waals surface area contributed by atoms with Crippen LogP contribution in [0.15, 0.2) is 42.0 Å². The quantitative estimate of drug-likeness (QED) is 0.318. The smallest absolute Gasteiger partial charge is 0.193 e. The molecule has 1 heterocycles. The van der Waals surface area contributed by atoms with E-state index in [1.807, 2.05) is 27.7 Å². The molecule has 2 aromatic rings. The van der Waals surface area contributed by atoms with Gasteiger partial charge in [0.25, 0.3) is 0 Å². The molecule has 0 saturated carbocycles. The molecule has 2 aromatic carbocycles. The molecule has 0 spiro atoms. The van der Waals surface area contributed by atoms with Crippen molar-refractivity contribution in [3.63, 3.8) is 0 Å². The molecule has 6 nitrogen and oxygen atoms in total. The Labute approximate surface area is 188 Å². The number of ketones is 1. The van der Waals surface area contributed by atoms with Gasteiger partial charge in [0.15, 0.2) is 5.78 Å². The maximum atomic E-state index is 13.0. The molecule has 0 aliphatic carbocycles. The highest BCUT2D eigenvalue weighted by Crippen LogP contribution is 2.47. The van der Waals surface area contributed by atoms with Crippen LogP contribution in [0.4, 0.5) is 0 Å². The Bertz CT molecular complexity index is 1090. The molecule has 0 bridgehead atoms. The number of carbonyl (C=O) groups excluding carboxylic acids is 1. The molecule has 0 saturated heterocycles. The minimum absolute atomic E-state index is 0.0463. The van der Waals surface area contributed by atoms with Crippen molar-refractivity contribution in [3.8, 4) is 28.7 Å². The van der Waals surface area contributed by atoms with Crippen molar-refractivity contribution < 1.29 is 29.6 Å². The van der Waals surface area contributed by atoms with Crippen molar-refractivity contribution in [1.29, 1.82) is 0 Å². The summed E-state index contributed by atoms with van der Waals surface area (Å²) < 4.78 is 11.6. The lowest BCUT2D eigenvalue weighted by Gasteiger charge is -2.40. The van der Waals surface area contributed by atoms with Crippen LogP contribution in [0.1, 0.15) is 55.6 Å². The van der Waals surface area contributed by atoms with Crippen LogP contribution >= 0.6 is 0 Å². The molecule has 1 unspecified atom stereocenters. The number of carbonyl (C=O) groups is 1. The maximum Gasteiger partial charge on any atom is 0.193 e. The number of methoxy groups -OCH3 is 1. The van der Waals surface area contributed by atoms with Crippen LogP contribution < -0.4 is 9.47 Å². The lowest BCUT2D eigenvalue weighted by molar-refractivity contribution is 0.0270. The average molecular weight is 439 g/mol. The predicted molar refractivity (Wildman–Crippen MR) is 124 cm³/mol. The Morgan fingerprint density at radius 3 is 2.56 bits per heavy atom. The van der Waals surface area contributed by atoms with E-state index in [9.17, 15) is 20.1 Å². The van der Waals surface area contributed by atoms with E-state index in [4.69, 9.17) is 9.47 Å². The fourth-order valence-corrected chi connectivity index (χ4v) is 3.88. The summed E-state index contributed by atoms with van der Waals surface area (Å²) in [4.78, 5) is 13.0. The number of ether oxygens (including phenoxy) is 2. The maximum absolute atomic E-state index is 13.0. The third-order valence-electron chi connectivity index (χ3n) is 5.84. The summed E-state index contributed by atoms with van der Waals surface area (Å²) in [6, 6.07) is 5.73. The highest BCUT2D eigenvalue weighted by molar-refractivity contribution is 6.11. The van der Waals surface area contributed by atoms with Gasteiger partial charge < -0.3 is 24.8 Å². The zero-order valence-corrected chi connectivity index (χ0v) is 19.1. The fourth-order valence-electron chi connectivity index (χ4n) is 3.88. The van der Waals surface area contributed by atoms with Gasteiger partial charge in [-0.25, -0.2) is 0 Å². The van der Waals surface area contributed by atoms with Crippen molar-refractivity contribution in [1.82, 2.24) is 0 Å². The molecule has 0 aromatic heterocycles. The Morgan fingerprint density at radius 1 is 1.22 bits per heavy atom. The van der Waals surface area contributed by atoms with Crippen molar-refractivity contribution >= 4 is 11.9 Å². The van der Waals surface area contributed by atoms with Gasteiger partial charge in [-0.3, -0.25) is 4.79 Å². The molecule has 1 aliphatic heterocycles. The van der Waals surface area contributed by atoms with E-state index in [0.29, 0.717) is 23.3 Å². The second-order valence-electron chi connectivity index (χ2n) is 8.84. The summed E-state index contributed by atoms with van der Waals surface area (Å²) in [7, 11) is 1.43. The van der Waals surface area contributed by atoms with Crippen LogP contribution in [0.25, 0.3) is 6.08 Å². The number of hydrogen-bond acceptors (Lipinski definition) is 6. The highest BCUT2D eigenvalue weighted by atomic mass is 16.5. The zero-order chi connectivity index (χ0) is 23.6. The second-order valence-corrected chi connectivity index (χ2v) is 8.84. The number of benzene rings is 2. The van der Waals surface area contributed by atoms with E-state index in [1.165, 1.54) is 43.0 Å². The largest absolute Gasteiger partial charge is 0.508 e. The monoisotopic (exact) mass is 438 g/mol. The Morgan fingerprint density at radius 2 is 1.94 bits per heavy atom. The number of fused-ring (bicyclic) bond motifs is 1. The van der Waals surface area contributed by atoms with Gasteiger partial charge in [0.05, 0.1) is 7.11 Å². The van der Waals surface area contributed by atoms with E-state index >= 15 is 0 Å². The summed E-state index contributed by atoms with van der Waals surface area (Å²) in [5.41, 5.74) is 1.76. The van der Waals surface area contributed by atoms with Crippen LogP contribution in [-0.2, 0) is 6.42 Å². The number of phenolic OH excluding ortho intramolecular Hbond substituents is 3. The number of aromatic hydroxyl groups is 3. The van der Waals surface area contributed by atoms with Crippen molar-refractivity contribution in [2.75, 3.05) is 7.11 Å². The van der Waals surface area contributed by atoms with Crippen LogP contribution in [-0.4, -0.2) is 33.8 Å². The molecule has 0 amide bonds. The van der Waals surface area contributed by atoms with Crippen molar-refractivity contribution in [2.45, 2.75) is 46.1 Å². The first-order valence-corrected chi connectivity index (χ1v) is 10.5. The molecule has 0 radical (unpaired) electrons. The van der Waals surface area contributed by atoms with E-state index in [2.05, 4.69) is 6.08 Å². The lowest BCUT2D eigenvalue weighted by atomic mass is 9.79. The lowest BCUT2D eigenvalue weighted by Crippen LogP contribution is -2.42. The Balaban J connectivity index is 1.99. The van der Waals surface area contributed by atoms with Crippen LogP contribution in [0.5, 0.6) is 28.7 Å². The van der Waals surface area contributed by atoms with Gasteiger partial charge in [-0.2, -0.15) is 0 Å². The highest BCUT2D eigenvalue weighted by Gasteiger charge is 2.39. The molecule has 170 valence electrons. The molecule has 3 N–H and O–H groups in total. The number of rotatable bonds is 6. The third kappa shape index (κ3) is 4.74. The SMILES string of the molecule is COc1cc2c(c(O)c1C(=O)/C=C/c1ccc(O)cc1O)CC(CC=C(C)C)C(C)(C)O2. The topological polar surface area (TPSA) is 96.2 Å². The molecule has 1 aliphatic rings. The van der Waals surface area contributed by atoms with Gasteiger partial charge in [0.2, 0.25) is 0 Å². The first-order valence-electron chi connectivity index (χ1n) is 10.5. The molecule has 6 heteroatoms. The fraction of sp³-hybridized carbons (Fsp3) is 0.346. The van der Waals surface area contributed by atoms with Crippen LogP contribution in [0, 0.1) is 5.92 Å². The van der Waals surface area contributed by atoms with Gasteiger partial charge in [-0.1, -0.05) is 11.6 Å². The molecular weight excluding hydrogens is 408 g/mol. The standard InChI is InChI=1S/C26H30O6/c1-15(2)6-9-17-12-19-22(32-26(17,3)4)14-23(31-5)24(25(19)30)20(28)11-8-16-7-10-18(27)13-21(16)29/h6-8,10-11,13-14,17,27,29-30H,9,12H2,1-5H3/b11-8+. The first kappa shape index (κ1) is 23.3. The minimum Gasteiger partial charge on any atom is -0.508 e. The minimum atomic E-state index is -0.472. The van der Waals surface area contributed by atoms with Gasteiger partial charge in [-0.05, 0) is 64.8 Å². The van der Waals surface area contributed by atoms with Crippen molar-refractivity contribution in [3.05, 3.63) is 58.7 Å². The number of phenols is 3. The predicted octanol–water partition coefficient (Wildman–Crippen LogP) is 5.39. The Hall–Kier alpha value is -3.41. The van der Waals surface area contributed by atoms with Gasteiger partial charge in [0, 0.05) is 29.2 Å². The third-order valence-corrected chi connectivity index (χ3v) is 5.84. The zero-order valence-electron chi connectivity index (χ0n) is 19.1. The summed E-state index contributed by atoms with van der Waals surface area (Å²) in [5, 5.41) is 30.4. The normalized spacial score (nSPS) is 16.8. The molecule has 3 rings (SSSR count). The van der Waals surface area contributed by atoms with E-state index in [0.717, 1.165) is 6.42 Å².